The van der Waals surface area contributed by atoms with E-state index < -0.39 is 0 Å². The number of phenolic OH excluding ortho intramolecular Hbond substituents is 1. The number of aryl methyl sites for hydroxylation is 1. The van der Waals surface area contributed by atoms with Gasteiger partial charge < -0.3 is 15.2 Å². The molecule has 1 unspecified atom stereocenters. The third-order valence-corrected chi connectivity index (χ3v) is 4.16. The van der Waals surface area contributed by atoms with E-state index in [4.69, 9.17) is 4.74 Å². The smallest absolute Gasteiger partial charge is 0.162 e. The second-order valence-corrected chi connectivity index (χ2v) is 4.95. The van der Waals surface area contributed by atoms with Crippen LogP contribution in [0.2, 0.25) is 0 Å². The molecule has 0 spiro atoms. The van der Waals surface area contributed by atoms with Gasteiger partial charge in [0.05, 0.1) is 7.11 Å². The Labute approximate surface area is 104 Å². The van der Waals surface area contributed by atoms with Gasteiger partial charge in [-0.25, -0.2) is 0 Å². The highest BCUT2D eigenvalue weighted by Crippen LogP contribution is 2.43. The molecule has 2 rings (SSSR count). The molecule has 1 aliphatic rings. The Hall–Kier alpha value is -0.740. The third-order valence-electron chi connectivity index (χ3n) is 3.11. The molecule has 16 heavy (non-hydrogen) atoms. The second-order valence-electron chi connectivity index (χ2n) is 4.16. The molecule has 1 fully saturated rings. The molecule has 0 saturated carbocycles. The number of phenols is 1. The van der Waals surface area contributed by atoms with Crippen molar-refractivity contribution >= 4 is 15.9 Å². The van der Waals surface area contributed by atoms with E-state index in [1.165, 1.54) is 0 Å². The highest BCUT2D eigenvalue weighted by molar-refractivity contribution is 9.10. The maximum absolute atomic E-state index is 10.2. The number of rotatable bonds is 2. The fraction of sp³-hybridized carbons (Fsp3) is 0.500. The number of nitrogens with one attached hydrogen (secondary N) is 1. The van der Waals surface area contributed by atoms with Crippen molar-refractivity contribution in [2.24, 2.45) is 0 Å². The standard InChI is InChI=1S/C12H16BrNO2/c1-7-5-9(16-2)12(15)10(11(7)13)8-3-4-14-6-8/h5,8,14-15H,3-4,6H2,1-2H3. The molecule has 1 aliphatic heterocycles. The zero-order chi connectivity index (χ0) is 11.7. The molecule has 1 atom stereocenters. The van der Waals surface area contributed by atoms with Crippen LogP contribution in [0.4, 0.5) is 0 Å². The van der Waals surface area contributed by atoms with Crippen LogP contribution in [0, 0.1) is 6.92 Å². The molecule has 2 N–H and O–H groups in total. The number of hydrogen-bond acceptors (Lipinski definition) is 3. The van der Waals surface area contributed by atoms with Crippen molar-refractivity contribution in [2.45, 2.75) is 19.3 Å². The van der Waals surface area contributed by atoms with Crippen LogP contribution in [-0.4, -0.2) is 25.3 Å². The van der Waals surface area contributed by atoms with Gasteiger partial charge in [-0.15, -0.1) is 0 Å². The zero-order valence-electron chi connectivity index (χ0n) is 9.51. The first-order chi connectivity index (χ1) is 7.65. The summed E-state index contributed by atoms with van der Waals surface area (Å²) in [5.41, 5.74) is 2.07. The van der Waals surface area contributed by atoms with E-state index in [9.17, 15) is 5.11 Å². The average Bonchev–Trinajstić information content (AvgIpc) is 2.77. The van der Waals surface area contributed by atoms with Gasteiger partial charge in [-0.2, -0.15) is 0 Å². The molecule has 0 radical (unpaired) electrons. The van der Waals surface area contributed by atoms with Crippen molar-refractivity contribution in [1.82, 2.24) is 5.32 Å². The Morgan fingerprint density at radius 1 is 1.56 bits per heavy atom. The maximum Gasteiger partial charge on any atom is 0.162 e. The van der Waals surface area contributed by atoms with Crippen LogP contribution in [-0.2, 0) is 0 Å². The van der Waals surface area contributed by atoms with Crippen molar-refractivity contribution in [3.8, 4) is 11.5 Å². The topological polar surface area (TPSA) is 41.5 Å². The number of benzene rings is 1. The van der Waals surface area contributed by atoms with Gasteiger partial charge in [0, 0.05) is 22.5 Å². The molecule has 0 bridgehead atoms. The summed E-state index contributed by atoms with van der Waals surface area (Å²) in [6, 6.07) is 1.85. The predicted octanol–water partition coefficient (Wildman–Crippen LogP) is 2.55. The zero-order valence-corrected chi connectivity index (χ0v) is 11.1. The predicted molar refractivity (Wildman–Crippen MR) is 67.3 cm³/mol. The van der Waals surface area contributed by atoms with Crippen LogP contribution in [0.15, 0.2) is 10.5 Å². The van der Waals surface area contributed by atoms with Crippen molar-refractivity contribution in [3.63, 3.8) is 0 Å². The minimum atomic E-state index is 0.272. The van der Waals surface area contributed by atoms with E-state index >= 15 is 0 Å². The van der Waals surface area contributed by atoms with Gasteiger partial charge in [-0.1, -0.05) is 15.9 Å². The molecule has 0 aliphatic carbocycles. The highest BCUT2D eigenvalue weighted by atomic mass is 79.9. The van der Waals surface area contributed by atoms with Gasteiger partial charge >= 0.3 is 0 Å². The van der Waals surface area contributed by atoms with E-state index in [-0.39, 0.29) is 5.75 Å². The number of ether oxygens (including phenoxy) is 1. The summed E-state index contributed by atoms with van der Waals surface area (Å²) < 4.78 is 6.19. The monoisotopic (exact) mass is 285 g/mol. The van der Waals surface area contributed by atoms with Gasteiger partial charge in [-0.05, 0) is 31.5 Å². The van der Waals surface area contributed by atoms with E-state index in [1.807, 2.05) is 13.0 Å². The Bertz CT molecular complexity index is 400. The van der Waals surface area contributed by atoms with Crippen LogP contribution < -0.4 is 10.1 Å². The molecule has 4 heteroatoms. The van der Waals surface area contributed by atoms with Crippen LogP contribution in [0.1, 0.15) is 23.5 Å². The Balaban J connectivity index is 2.52. The number of halogens is 1. The second kappa shape index (κ2) is 4.63. The summed E-state index contributed by atoms with van der Waals surface area (Å²) in [7, 11) is 1.58. The van der Waals surface area contributed by atoms with E-state index in [2.05, 4.69) is 21.2 Å². The molecule has 88 valence electrons. The lowest BCUT2D eigenvalue weighted by molar-refractivity contribution is 0.368. The Kier molecular flexibility index (Phi) is 3.40. The fourth-order valence-corrected chi connectivity index (χ4v) is 2.83. The van der Waals surface area contributed by atoms with Gasteiger partial charge in [0.2, 0.25) is 0 Å². The van der Waals surface area contributed by atoms with Crippen molar-refractivity contribution < 1.29 is 9.84 Å². The summed E-state index contributed by atoms with van der Waals surface area (Å²) in [4.78, 5) is 0. The molecule has 0 amide bonds. The normalized spacial score (nSPS) is 20.1. The lowest BCUT2D eigenvalue weighted by Gasteiger charge is -2.17. The molecular formula is C12H16BrNO2. The number of hydrogen-bond donors (Lipinski definition) is 2. The summed E-state index contributed by atoms with van der Waals surface area (Å²) in [5.74, 6) is 1.19. The Morgan fingerprint density at radius 3 is 2.88 bits per heavy atom. The summed E-state index contributed by atoms with van der Waals surface area (Å²) in [5, 5.41) is 13.5. The molecule has 1 aromatic rings. The lowest BCUT2D eigenvalue weighted by atomic mass is 9.95. The third kappa shape index (κ3) is 1.92. The van der Waals surface area contributed by atoms with Gasteiger partial charge in [0.25, 0.3) is 0 Å². The van der Waals surface area contributed by atoms with Crippen LogP contribution in [0.5, 0.6) is 11.5 Å². The van der Waals surface area contributed by atoms with Crippen LogP contribution in [0.25, 0.3) is 0 Å². The van der Waals surface area contributed by atoms with E-state index in [0.717, 1.165) is 35.1 Å². The fourth-order valence-electron chi connectivity index (χ4n) is 2.21. The summed E-state index contributed by atoms with van der Waals surface area (Å²) in [6.45, 7) is 3.93. The molecule has 1 saturated heterocycles. The van der Waals surface area contributed by atoms with Gasteiger partial charge in [0.15, 0.2) is 11.5 Å². The molecule has 1 heterocycles. The minimum Gasteiger partial charge on any atom is -0.504 e. The van der Waals surface area contributed by atoms with E-state index in [0.29, 0.717) is 11.7 Å². The lowest BCUT2D eigenvalue weighted by Crippen LogP contribution is -2.09. The summed E-state index contributed by atoms with van der Waals surface area (Å²) >= 11 is 3.56. The highest BCUT2D eigenvalue weighted by Gasteiger charge is 2.25. The molecule has 0 aromatic heterocycles. The first kappa shape index (κ1) is 11.7. The van der Waals surface area contributed by atoms with Crippen LogP contribution >= 0.6 is 15.9 Å². The quantitative estimate of drug-likeness (QED) is 0.878. The molecule has 3 nitrogen and oxygen atoms in total. The summed E-state index contributed by atoms with van der Waals surface area (Å²) in [6.07, 6.45) is 1.05. The molecule has 1 aromatic carbocycles. The number of methoxy groups -OCH3 is 1. The first-order valence-electron chi connectivity index (χ1n) is 5.41. The average molecular weight is 286 g/mol. The van der Waals surface area contributed by atoms with Crippen LogP contribution in [0.3, 0.4) is 0 Å². The maximum atomic E-state index is 10.2. The molecular weight excluding hydrogens is 270 g/mol. The van der Waals surface area contributed by atoms with Gasteiger partial charge in [-0.3, -0.25) is 0 Å². The SMILES string of the molecule is COc1cc(C)c(Br)c(C2CCNC2)c1O. The Morgan fingerprint density at radius 2 is 2.31 bits per heavy atom. The van der Waals surface area contributed by atoms with Crippen molar-refractivity contribution in [1.29, 1.82) is 0 Å². The minimum absolute atomic E-state index is 0.272. The number of aromatic hydroxyl groups is 1. The largest absolute Gasteiger partial charge is 0.504 e. The van der Waals surface area contributed by atoms with Gasteiger partial charge in [0.1, 0.15) is 0 Å². The van der Waals surface area contributed by atoms with Crippen molar-refractivity contribution in [2.75, 3.05) is 20.2 Å². The first-order valence-corrected chi connectivity index (χ1v) is 6.21. The van der Waals surface area contributed by atoms with E-state index in [1.54, 1.807) is 7.11 Å². The van der Waals surface area contributed by atoms with Crippen molar-refractivity contribution in [3.05, 3.63) is 21.7 Å².